The summed E-state index contributed by atoms with van der Waals surface area (Å²) in [6.07, 6.45) is 0.849. The van der Waals surface area contributed by atoms with Crippen LogP contribution in [0.4, 0.5) is 0 Å². The minimum atomic E-state index is -1.08. The number of methoxy groups -OCH3 is 2. The lowest BCUT2D eigenvalue weighted by molar-refractivity contribution is -0.142. The van der Waals surface area contributed by atoms with Gasteiger partial charge in [-0.25, -0.2) is 4.79 Å². The van der Waals surface area contributed by atoms with Gasteiger partial charge in [-0.1, -0.05) is 0 Å². The molecule has 1 amide bonds. The molecule has 0 rings (SSSR count). The molecule has 0 fully saturated rings. The van der Waals surface area contributed by atoms with Gasteiger partial charge in [0.25, 0.3) is 0 Å². The molecule has 0 spiro atoms. The quantitative estimate of drug-likeness (QED) is 0.449. The molecule has 0 aliphatic rings. The minimum Gasteiger partial charge on any atom is -0.480 e. The van der Waals surface area contributed by atoms with Crippen LogP contribution in [-0.4, -0.2) is 56.5 Å². The maximum Gasteiger partial charge on any atom is 0.326 e. The van der Waals surface area contributed by atoms with Gasteiger partial charge in [-0.2, -0.15) is 0 Å². The predicted molar refractivity (Wildman–Crippen MR) is 60.5 cm³/mol. The SMILES string of the molecule is COCCCC(NC(=O)C(N)COC)C(=O)O. The number of nitrogens with two attached hydrogens (primary N) is 1. The van der Waals surface area contributed by atoms with Gasteiger partial charge in [0.05, 0.1) is 6.61 Å². The summed E-state index contributed by atoms with van der Waals surface area (Å²) in [7, 11) is 2.95. The number of amides is 1. The lowest BCUT2D eigenvalue weighted by Gasteiger charge is -2.17. The molecule has 2 atom stereocenters. The summed E-state index contributed by atoms with van der Waals surface area (Å²) in [5, 5.41) is 11.3. The number of hydrogen-bond donors (Lipinski definition) is 3. The summed E-state index contributed by atoms with van der Waals surface area (Å²) in [5.74, 6) is -1.62. The van der Waals surface area contributed by atoms with Gasteiger partial charge < -0.3 is 25.6 Å². The molecule has 7 heteroatoms. The lowest BCUT2D eigenvalue weighted by atomic mass is 10.1. The van der Waals surface area contributed by atoms with Crippen LogP contribution in [0.25, 0.3) is 0 Å². The second-order valence-corrected chi connectivity index (χ2v) is 3.60. The Morgan fingerprint density at radius 3 is 2.47 bits per heavy atom. The van der Waals surface area contributed by atoms with Gasteiger partial charge in [0.1, 0.15) is 12.1 Å². The Morgan fingerprint density at radius 1 is 1.35 bits per heavy atom. The van der Waals surface area contributed by atoms with Crippen molar-refractivity contribution in [1.29, 1.82) is 0 Å². The summed E-state index contributed by atoms with van der Waals surface area (Å²) in [6, 6.07) is -1.80. The molecule has 0 aromatic rings. The third kappa shape index (κ3) is 6.88. The van der Waals surface area contributed by atoms with E-state index in [2.05, 4.69) is 5.32 Å². The van der Waals surface area contributed by atoms with Crippen molar-refractivity contribution in [3.05, 3.63) is 0 Å². The van der Waals surface area contributed by atoms with Gasteiger partial charge in [-0.05, 0) is 12.8 Å². The molecule has 0 aliphatic heterocycles. The normalized spacial score (nSPS) is 14.1. The molecule has 0 aliphatic carbocycles. The van der Waals surface area contributed by atoms with E-state index in [0.29, 0.717) is 19.4 Å². The van der Waals surface area contributed by atoms with E-state index in [9.17, 15) is 9.59 Å². The molecule has 0 aromatic heterocycles. The molecule has 7 nitrogen and oxygen atoms in total. The van der Waals surface area contributed by atoms with Crippen LogP contribution in [0.15, 0.2) is 0 Å². The Balaban J connectivity index is 4.15. The fourth-order valence-electron chi connectivity index (χ4n) is 1.22. The van der Waals surface area contributed by atoms with Crippen LogP contribution in [0, 0.1) is 0 Å². The molecular weight excluding hydrogens is 228 g/mol. The minimum absolute atomic E-state index is 0.0518. The van der Waals surface area contributed by atoms with E-state index in [1.54, 1.807) is 0 Å². The van der Waals surface area contributed by atoms with E-state index in [-0.39, 0.29) is 6.61 Å². The molecule has 0 saturated carbocycles. The van der Waals surface area contributed by atoms with Crippen molar-refractivity contribution in [2.45, 2.75) is 24.9 Å². The maximum atomic E-state index is 11.5. The van der Waals surface area contributed by atoms with E-state index in [4.69, 9.17) is 20.3 Å². The number of hydrogen-bond acceptors (Lipinski definition) is 5. The Kier molecular flexibility index (Phi) is 8.29. The zero-order chi connectivity index (χ0) is 13.3. The smallest absolute Gasteiger partial charge is 0.326 e. The van der Waals surface area contributed by atoms with Gasteiger partial charge in [0.15, 0.2) is 0 Å². The molecule has 0 aromatic carbocycles. The fourth-order valence-corrected chi connectivity index (χ4v) is 1.22. The molecule has 4 N–H and O–H groups in total. The second-order valence-electron chi connectivity index (χ2n) is 3.60. The molecule has 17 heavy (non-hydrogen) atoms. The number of rotatable bonds is 9. The largest absolute Gasteiger partial charge is 0.480 e. The highest BCUT2D eigenvalue weighted by Crippen LogP contribution is 1.99. The van der Waals surface area contributed by atoms with Crippen LogP contribution >= 0.6 is 0 Å². The van der Waals surface area contributed by atoms with Crippen LogP contribution in [-0.2, 0) is 19.1 Å². The number of ether oxygens (including phenoxy) is 2. The fraction of sp³-hybridized carbons (Fsp3) is 0.800. The number of carbonyl (C=O) groups excluding carboxylic acids is 1. The summed E-state index contributed by atoms with van der Waals surface area (Å²) < 4.78 is 9.52. The molecule has 100 valence electrons. The molecule has 0 saturated heterocycles. The number of carboxylic acids is 1. The van der Waals surface area contributed by atoms with Crippen LogP contribution in [0.5, 0.6) is 0 Å². The van der Waals surface area contributed by atoms with Crippen LogP contribution in [0.1, 0.15) is 12.8 Å². The highest BCUT2D eigenvalue weighted by Gasteiger charge is 2.22. The standard InChI is InChI=1S/C10H20N2O5/c1-16-5-3-4-8(10(14)15)12-9(13)7(11)6-17-2/h7-8H,3-6,11H2,1-2H3,(H,12,13)(H,14,15). The summed E-state index contributed by atoms with van der Waals surface area (Å²) >= 11 is 0. The summed E-state index contributed by atoms with van der Waals surface area (Å²) in [5.41, 5.74) is 5.48. The number of aliphatic carboxylic acids is 1. The molecular formula is C10H20N2O5. The molecule has 2 unspecified atom stereocenters. The maximum absolute atomic E-state index is 11.5. The van der Waals surface area contributed by atoms with Gasteiger partial charge in [-0.3, -0.25) is 4.79 Å². The predicted octanol–water partition coefficient (Wildman–Crippen LogP) is -1.04. The Bertz CT molecular complexity index is 247. The van der Waals surface area contributed by atoms with Crippen LogP contribution in [0.3, 0.4) is 0 Å². The molecule has 0 radical (unpaired) electrons. The highest BCUT2D eigenvalue weighted by molar-refractivity contribution is 5.86. The van der Waals surface area contributed by atoms with Crippen molar-refractivity contribution < 1.29 is 24.2 Å². The average molecular weight is 248 g/mol. The van der Waals surface area contributed by atoms with Crippen molar-refractivity contribution in [3.63, 3.8) is 0 Å². The topological polar surface area (TPSA) is 111 Å². The van der Waals surface area contributed by atoms with Gasteiger partial charge in [0.2, 0.25) is 5.91 Å². The lowest BCUT2D eigenvalue weighted by Crippen LogP contribution is -2.50. The van der Waals surface area contributed by atoms with E-state index in [0.717, 1.165) is 0 Å². The van der Waals surface area contributed by atoms with E-state index >= 15 is 0 Å². The van der Waals surface area contributed by atoms with Crippen LogP contribution in [0.2, 0.25) is 0 Å². The van der Waals surface area contributed by atoms with Crippen molar-refractivity contribution >= 4 is 11.9 Å². The van der Waals surface area contributed by atoms with Crippen molar-refractivity contribution in [3.8, 4) is 0 Å². The average Bonchev–Trinajstić information content (AvgIpc) is 2.27. The molecule has 0 heterocycles. The number of carbonyl (C=O) groups is 2. The van der Waals surface area contributed by atoms with E-state index in [1.807, 2.05) is 0 Å². The van der Waals surface area contributed by atoms with Gasteiger partial charge in [-0.15, -0.1) is 0 Å². The number of nitrogens with one attached hydrogen (secondary N) is 1. The van der Waals surface area contributed by atoms with Gasteiger partial charge >= 0.3 is 5.97 Å². The first-order chi connectivity index (χ1) is 8.02. The van der Waals surface area contributed by atoms with Crippen molar-refractivity contribution in [1.82, 2.24) is 5.32 Å². The first-order valence-corrected chi connectivity index (χ1v) is 5.29. The first-order valence-electron chi connectivity index (χ1n) is 5.29. The van der Waals surface area contributed by atoms with Crippen molar-refractivity contribution in [2.24, 2.45) is 5.73 Å². The zero-order valence-electron chi connectivity index (χ0n) is 10.1. The summed E-state index contributed by atoms with van der Waals surface area (Å²) in [4.78, 5) is 22.4. The van der Waals surface area contributed by atoms with Crippen LogP contribution < -0.4 is 11.1 Å². The monoisotopic (exact) mass is 248 g/mol. The first kappa shape index (κ1) is 15.8. The summed E-state index contributed by atoms with van der Waals surface area (Å²) in [6.45, 7) is 0.500. The third-order valence-corrected chi connectivity index (χ3v) is 2.14. The second kappa shape index (κ2) is 8.91. The Hall–Kier alpha value is -1.18. The van der Waals surface area contributed by atoms with E-state index in [1.165, 1.54) is 14.2 Å². The van der Waals surface area contributed by atoms with Gasteiger partial charge in [0, 0.05) is 20.8 Å². The Morgan fingerprint density at radius 2 is 2.00 bits per heavy atom. The zero-order valence-corrected chi connectivity index (χ0v) is 10.1. The van der Waals surface area contributed by atoms with E-state index < -0.39 is 24.0 Å². The Labute approximate surface area is 100 Å². The number of carboxylic acid groups (broad SMARTS) is 1. The highest BCUT2D eigenvalue weighted by atomic mass is 16.5. The van der Waals surface area contributed by atoms with Crippen molar-refractivity contribution in [2.75, 3.05) is 27.4 Å². The third-order valence-electron chi connectivity index (χ3n) is 2.14. The molecule has 0 bridgehead atoms.